The molecule has 0 unspecified atom stereocenters. The normalized spacial score (nSPS) is 10.5. The van der Waals surface area contributed by atoms with Crippen LogP contribution in [0.5, 0.6) is 0 Å². The summed E-state index contributed by atoms with van der Waals surface area (Å²) in [5.41, 5.74) is 2.77. The lowest BCUT2D eigenvalue weighted by molar-refractivity contribution is -0.115. The Morgan fingerprint density at radius 1 is 1.09 bits per heavy atom. The first-order valence-electron chi connectivity index (χ1n) is 10.3. The molecule has 0 bridgehead atoms. The zero-order valence-electron chi connectivity index (χ0n) is 18.5. The number of amides is 2. The fourth-order valence-corrected chi connectivity index (χ4v) is 4.04. The monoisotopic (exact) mass is 475 g/mol. The van der Waals surface area contributed by atoms with E-state index < -0.39 is 11.9 Å². The number of esters is 1. The van der Waals surface area contributed by atoms with Crippen LogP contribution in [0.2, 0.25) is 0 Å². The van der Waals surface area contributed by atoms with Crippen LogP contribution >= 0.6 is 11.3 Å². The van der Waals surface area contributed by atoms with E-state index in [9.17, 15) is 14.4 Å². The van der Waals surface area contributed by atoms with Crippen LogP contribution in [-0.4, -0.2) is 22.8 Å². The van der Waals surface area contributed by atoms with Gasteiger partial charge in [0.05, 0.1) is 23.2 Å². The van der Waals surface area contributed by atoms with E-state index in [1.165, 1.54) is 29.4 Å². The molecule has 0 aliphatic carbocycles. The smallest absolute Gasteiger partial charge is 0.338 e. The first-order chi connectivity index (χ1) is 16.4. The van der Waals surface area contributed by atoms with Crippen molar-refractivity contribution in [1.29, 1.82) is 0 Å². The molecule has 8 nitrogen and oxygen atoms in total. The van der Waals surface area contributed by atoms with Crippen LogP contribution in [0.3, 0.4) is 0 Å². The van der Waals surface area contributed by atoms with Crippen molar-refractivity contribution in [3.05, 3.63) is 94.9 Å². The van der Waals surface area contributed by atoms with Crippen LogP contribution < -0.4 is 10.2 Å². The average molecular weight is 476 g/mol. The van der Waals surface area contributed by atoms with Gasteiger partial charge in [-0.3, -0.25) is 14.5 Å². The molecule has 0 aliphatic heterocycles. The van der Waals surface area contributed by atoms with Crippen LogP contribution in [0, 0.1) is 6.92 Å². The van der Waals surface area contributed by atoms with Gasteiger partial charge >= 0.3 is 5.97 Å². The second-order valence-corrected chi connectivity index (χ2v) is 8.19. The summed E-state index contributed by atoms with van der Waals surface area (Å²) in [6, 6.07) is 17.3. The number of para-hydroxylation sites is 1. The molecule has 2 aromatic carbocycles. The number of anilines is 3. The minimum Gasteiger partial charge on any atom is -0.459 e. The van der Waals surface area contributed by atoms with Crippen molar-refractivity contribution < 1.29 is 23.5 Å². The zero-order chi connectivity index (χ0) is 24.1. The number of furan rings is 1. The molecule has 2 amide bonds. The largest absolute Gasteiger partial charge is 0.459 e. The molecule has 1 N–H and O–H groups in total. The molecule has 0 aliphatic rings. The van der Waals surface area contributed by atoms with Gasteiger partial charge in [-0.25, -0.2) is 9.78 Å². The summed E-state index contributed by atoms with van der Waals surface area (Å²) in [5, 5.41) is 4.97. The Morgan fingerprint density at radius 3 is 2.59 bits per heavy atom. The van der Waals surface area contributed by atoms with Gasteiger partial charge in [0, 0.05) is 18.0 Å². The van der Waals surface area contributed by atoms with Crippen LogP contribution in [0.25, 0.3) is 0 Å². The van der Waals surface area contributed by atoms with E-state index >= 15 is 0 Å². The first-order valence-corrected chi connectivity index (χ1v) is 11.2. The molecule has 0 spiro atoms. The van der Waals surface area contributed by atoms with Gasteiger partial charge in [-0.1, -0.05) is 24.3 Å². The van der Waals surface area contributed by atoms with Gasteiger partial charge in [0.15, 0.2) is 10.9 Å². The van der Waals surface area contributed by atoms with Crippen LogP contribution in [0.15, 0.2) is 76.7 Å². The molecule has 9 heteroatoms. The van der Waals surface area contributed by atoms with E-state index in [1.54, 1.807) is 35.7 Å². The second kappa shape index (κ2) is 10.1. The first kappa shape index (κ1) is 22.9. The van der Waals surface area contributed by atoms with E-state index in [0.717, 1.165) is 5.56 Å². The molecule has 34 heavy (non-hydrogen) atoms. The highest BCUT2D eigenvalue weighted by Crippen LogP contribution is 2.29. The highest BCUT2D eigenvalue weighted by atomic mass is 32.1. The van der Waals surface area contributed by atoms with Gasteiger partial charge in [0.25, 0.3) is 5.91 Å². The van der Waals surface area contributed by atoms with E-state index in [4.69, 9.17) is 9.15 Å². The lowest BCUT2D eigenvalue weighted by Gasteiger charge is -2.17. The SMILES string of the molecule is CC(=O)N(c1ccccc1)c1nc(COC(=O)c2ccc(C)c(NC(=O)c3ccco3)c2)cs1. The van der Waals surface area contributed by atoms with Crippen LogP contribution in [0.1, 0.15) is 39.1 Å². The molecule has 0 saturated carbocycles. The van der Waals surface area contributed by atoms with Crippen molar-refractivity contribution in [2.45, 2.75) is 20.5 Å². The Morgan fingerprint density at radius 2 is 1.88 bits per heavy atom. The third kappa shape index (κ3) is 5.21. The summed E-state index contributed by atoms with van der Waals surface area (Å²) in [5.74, 6) is -0.980. The van der Waals surface area contributed by atoms with Gasteiger partial charge in [0.2, 0.25) is 5.91 Å². The van der Waals surface area contributed by atoms with E-state index in [2.05, 4.69) is 10.3 Å². The number of ether oxygens (including phenoxy) is 1. The van der Waals surface area contributed by atoms with Gasteiger partial charge in [0.1, 0.15) is 6.61 Å². The number of nitrogens with one attached hydrogen (secondary N) is 1. The van der Waals surface area contributed by atoms with Gasteiger partial charge in [-0.15, -0.1) is 11.3 Å². The fraction of sp³-hybridized carbons (Fsp3) is 0.120. The summed E-state index contributed by atoms with van der Waals surface area (Å²) in [6.07, 6.45) is 1.41. The number of benzene rings is 2. The number of thiazole rings is 1. The molecule has 0 atom stereocenters. The van der Waals surface area contributed by atoms with Crippen LogP contribution in [0.4, 0.5) is 16.5 Å². The van der Waals surface area contributed by atoms with Crippen molar-refractivity contribution in [1.82, 2.24) is 4.98 Å². The Balaban J connectivity index is 1.43. The van der Waals surface area contributed by atoms with E-state index in [-0.39, 0.29) is 23.8 Å². The Hall–Kier alpha value is -4.24. The zero-order valence-corrected chi connectivity index (χ0v) is 19.3. The minimum absolute atomic E-state index is 0.0577. The van der Waals surface area contributed by atoms with Crippen molar-refractivity contribution in [3.8, 4) is 0 Å². The fourth-order valence-electron chi connectivity index (χ4n) is 3.17. The van der Waals surface area contributed by atoms with Crippen molar-refractivity contribution in [2.24, 2.45) is 0 Å². The number of rotatable bonds is 7. The van der Waals surface area contributed by atoms with Crippen molar-refractivity contribution in [3.63, 3.8) is 0 Å². The second-order valence-electron chi connectivity index (χ2n) is 7.35. The van der Waals surface area contributed by atoms with Gasteiger partial charge in [-0.05, 0) is 48.9 Å². The molecule has 4 rings (SSSR count). The molecule has 172 valence electrons. The average Bonchev–Trinajstić information content (AvgIpc) is 3.52. The lowest BCUT2D eigenvalue weighted by Crippen LogP contribution is -2.22. The summed E-state index contributed by atoms with van der Waals surface area (Å²) in [7, 11) is 0. The summed E-state index contributed by atoms with van der Waals surface area (Å²) < 4.78 is 10.5. The predicted octanol–water partition coefficient (Wildman–Crippen LogP) is 5.34. The lowest BCUT2D eigenvalue weighted by atomic mass is 10.1. The number of aryl methyl sites for hydroxylation is 1. The topological polar surface area (TPSA) is 102 Å². The number of aromatic nitrogens is 1. The quantitative estimate of drug-likeness (QED) is 0.362. The molecule has 0 fully saturated rings. The Kier molecular flexibility index (Phi) is 6.84. The molecular formula is C25H21N3O5S. The highest BCUT2D eigenvalue weighted by Gasteiger charge is 2.19. The molecule has 2 heterocycles. The van der Waals surface area contributed by atoms with Crippen LogP contribution in [-0.2, 0) is 16.1 Å². The highest BCUT2D eigenvalue weighted by molar-refractivity contribution is 7.14. The molecule has 4 aromatic rings. The Bertz CT molecular complexity index is 1320. The van der Waals surface area contributed by atoms with E-state index in [0.29, 0.717) is 22.2 Å². The van der Waals surface area contributed by atoms with Crippen molar-refractivity contribution in [2.75, 3.05) is 10.2 Å². The number of nitrogens with zero attached hydrogens (tertiary/aromatic N) is 2. The number of hydrogen-bond donors (Lipinski definition) is 1. The maximum Gasteiger partial charge on any atom is 0.338 e. The molecule has 2 aromatic heterocycles. The Labute approximate surface area is 199 Å². The summed E-state index contributed by atoms with van der Waals surface area (Å²) in [4.78, 5) is 43.0. The maximum atomic E-state index is 12.6. The summed E-state index contributed by atoms with van der Waals surface area (Å²) >= 11 is 1.28. The van der Waals surface area contributed by atoms with Gasteiger partial charge in [-0.2, -0.15) is 0 Å². The van der Waals surface area contributed by atoms with E-state index in [1.807, 2.05) is 37.3 Å². The third-order valence-electron chi connectivity index (χ3n) is 4.88. The molecule has 0 saturated heterocycles. The molecular weight excluding hydrogens is 454 g/mol. The third-order valence-corrected chi connectivity index (χ3v) is 5.75. The van der Waals surface area contributed by atoms with Crippen molar-refractivity contribution >= 4 is 45.6 Å². The molecule has 0 radical (unpaired) electrons. The predicted molar refractivity (Wildman–Crippen MR) is 128 cm³/mol. The minimum atomic E-state index is -0.561. The standard InChI is InChI=1S/C25H21N3O5S/c1-16-10-11-18(13-21(16)27-23(30)22-9-6-12-32-22)24(31)33-14-19-15-34-25(26-19)28(17(2)29)20-7-4-3-5-8-20/h3-13,15H,14H2,1-2H3,(H,27,30). The number of hydrogen-bond acceptors (Lipinski definition) is 7. The van der Waals surface area contributed by atoms with Gasteiger partial charge < -0.3 is 14.5 Å². The summed E-state index contributed by atoms with van der Waals surface area (Å²) in [6.45, 7) is 3.22. The number of carbonyl (C=O) groups is 3. The number of carbonyl (C=O) groups excluding carboxylic acids is 3. The maximum absolute atomic E-state index is 12.6.